The van der Waals surface area contributed by atoms with Crippen LogP contribution < -0.4 is 10.2 Å². The van der Waals surface area contributed by atoms with Crippen molar-refractivity contribution in [1.29, 1.82) is 0 Å². The van der Waals surface area contributed by atoms with Gasteiger partial charge < -0.3 is 4.90 Å². The van der Waals surface area contributed by atoms with E-state index in [1.54, 1.807) is 17.0 Å². The number of nitro benzene ring substituents is 1. The number of benzene rings is 1. The molecule has 0 aliphatic carbocycles. The molecule has 1 saturated heterocycles. The third-order valence-electron chi connectivity index (χ3n) is 3.10. The predicted octanol–water partition coefficient (Wildman–Crippen LogP) is 1.44. The van der Waals surface area contributed by atoms with E-state index in [9.17, 15) is 19.7 Å². The van der Waals surface area contributed by atoms with E-state index < -0.39 is 11.0 Å². The molecule has 20 heavy (non-hydrogen) atoms. The molecule has 0 bridgehead atoms. The van der Waals surface area contributed by atoms with Crippen molar-refractivity contribution >= 4 is 45.8 Å². The summed E-state index contributed by atoms with van der Waals surface area (Å²) in [6.45, 7) is 1.92. The van der Waals surface area contributed by atoms with Gasteiger partial charge in [-0.2, -0.15) is 0 Å². The summed E-state index contributed by atoms with van der Waals surface area (Å²) in [5, 5.41) is 13.1. The quantitative estimate of drug-likeness (QED) is 0.366. The second-order valence-electron chi connectivity index (χ2n) is 4.36. The number of nitrogens with zero attached hydrogens (tertiary/aromatic N) is 2. The number of hydrogen-bond donors (Lipinski definition) is 1. The fraction of sp³-hybridized carbons (Fsp3) is 0.333. The van der Waals surface area contributed by atoms with E-state index in [1.807, 2.05) is 29.5 Å². The first-order valence-electron chi connectivity index (χ1n) is 5.98. The second kappa shape index (κ2) is 5.73. The van der Waals surface area contributed by atoms with Gasteiger partial charge in [-0.1, -0.05) is 6.92 Å². The smallest absolute Gasteiger partial charge is 0.282 e. The highest BCUT2D eigenvalue weighted by Crippen LogP contribution is 2.28. The first kappa shape index (κ1) is 14.7. The summed E-state index contributed by atoms with van der Waals surface area (Å²) in [7, 11) is 0. The normalized spacial score (nSPS) is 18.9. The van der Waals surface area contributed by atoms with Gasteiger partial charge in [0.25, 0.3) is 5.69 Å². The van der Waals surface area contributed by atoms with Gasteiger partial charge in [0, 0.05) is 11.8 Å². The topological polar surface area (TPSA) is 92.6 Å². The molecule has 1 N–H and O–H groups in total. The molecule has 1 heterocycles. The summed E-state index contributed by atoms with van der Waals surface area (Å²) >= 11 is 1.87. The number of anilines is 1. The molecular weight excluding hydrogens is 377 g/mol. The van der Waals surface area contributed by atoms with Crippen LogP contribution in [0.3, 0.4) is 0 Å². The van der Waals surface area contributed by atoms with Crippen LogP contribution in [0.2, 0.25) is 0 Å². The highest BCUT2D eigenvalue weighted by Gasteiger charge is 2.33. The van der Waals surface area contributed by atoms with Crippen molar-refractivity contribution in [3.05, 3.63) is 31.9 Å². The predicted molar refractivity (Wildman–Crippen MR) is 80.4 cm³/mol. The fourth-order valence-corrected chi connectivity index (χ4v) is 2.86. The number of hydrogen-bond acceptors (Lipinski definition) is 5. The summed E-state index contributed by atoms with van der Waals surface area (Å²) in [5.74, 6) is -0.704. The van der Waals surface area contributed by atoms with Gasteiger partial charge in [-0.25, -0.2) is 0 Å². The van der Waals surface area contributed by atoms with E-state index in [-0.39, 0.29) is 24.0 Å². The van der Waals surface area contributed by atoms with Crippen molar-refractivity contribution in [1.82, 2.24) is 5.32 Å². The lowest BCUT2D eigenvalue weighted by molar-refractivity contribution is -0.385. The summed E-state index contributed by atoms with van der Waals surface area (Å²) in [4.78, 5) is 35.3. The molecule has 106 valence electrons. The first-order chi connectivity index (χ1) is 9.43. The van der Waals surface area contributed by atoms with E-state index in [2.05, 4.69) is 5.32 Å². The largest absolute Gasteiger partial charge is 0.350 e. The molecule has 0 aromatic heterocycles. The van der Waals surface area contributed by atoms with Gasteiger partial charge in [-0.3, -0.25) is 25.0 Å². The average molecular weight is 389 g/mol. The van der Waals surface area contributed by atoms with Crippen LogP contribution in [0.25, 0.3) is 0 Å². The van der Waals surface area contributed by atoms with Crippen LogP contribution in [-0.2, 0) is 9.59 Å². The SMILES string of the molecule is CCC1C(=O)NC(=O)CN1c1ccc([N+](=O)[O-])c(I)c1. The van der Waals surface area contributed by atoms with Gasteiger partial charge in [0.2, 0.25) is 11.8 Å². The molecule has 2 amide bonds. The average Bonchev–Trinajstić information content (AvgIpc) is 2.37. The molecule has 1 atom stereocenters. The Hall–Kier alpha value is -1.71. The maximum absolute atomic E-state index is 11.8. The minimum absolute atomic E-state index is 0.00943. The Kier molecular flexibility index (Phi) is 4.21. The Morgan fingerprint density at radius 3 is 2.75 bits per heavy atom. The molecule has 0 radical (unpaired) electrons. The van der Waals surface area contributed by atoms with Crippen molar-refractivity contribution in [3.8, 4) is 0 Å². The molecule has 1 aromatic rings. The number of nitrogens with one attached hydrogen (secondary N) is 1. The lowest BCUT2D eigenvalue weighted by Gasteiger charge is -2.35. The number of amides is 2. The fourth-order valence-electron chi connectivity index (χ4n) is 2.17. The van der Waals surface area contributed by atoms with E-state index in [1.165, 1.54) is 6.07 Å². The molecule has 1 unspecified atom stereocenters. The molecule has 1 aromatic carbocycles. The van der Waals surface area contributed by atoms with Crippen molar-refractivity contribution in [2.24, 2.45) is 0 Å². The standard InChI is InChI=1S/C12H12IN3O4/c1-2-9-12(18)14-11(17)6-15(9)7-3-4-10(16(19)20)8(13)5-7/h3-5,9H,2,6H2,1H3,(H,14,17,18). The summed E-state index contributed by atoms with van der Waals surface area (Å²) in [5.41, 5.74) is 0.644. The van der Waals surface area contributed by atoms with E-state index in [4.69, 9.17) is 0 Å². The maximum Gasteiger partial charge on any atom is 0.282 e. The summed E-state index contributed by atoms with van der Waals surface area (Å²) in [6.07, 6.45) is 0.548. The van der Waals surface area contributed by atoms with Gasteiger partial charge in [-0.15, -0.1) is 0 Å². The van der Waals surface area contributed by atoms with Crippen LogP contribution in [0.5, 0.6) is 0 Å². The lowest BCUT2D eigenvalue weighted by Crippen LogP contribution is -2.58. The number of piperazine rings is 1. The molecule has 1 aliphatic rings. The summed E-state index contributed by atoms with van der Waals surface area (Å²) in [6, 6.07) is 4.13. The molecule has 0 spiro atoms. The Morgan fingerprint density at radius 1 is 1.50 bits per heavy atom. The van der Waals surface area contributed by atoms with Crippen molar-refractivity contribution < 1.29 is 14.5 Å². The van der Waals surface area contributed by atoms with Crippen LogP contribution in [-0.4, -0.2) is 29.3 Å². The van der Waals surface area contributed by atoms with Crippen LogP contribution in [0.15, 0.2) is 18.2 Å². The first-order valence-corrected chi connectivity index (χ1v) is 7.06. The van der Waals surface area contributed by atoms with Gasteiger partial charge >= 0.3 is 0 Å². The third kappa shape index (κ3) is 2.74. The number of rotatable bonds is 3. The second-order valence-corrected chi connectivity index (χ2v) is 5.52. The van der Waals surface area contributed by atoms with Gasteiger partial charge in [-0.05, 0) is 41.1 Å². The zero-order valence-electron chi connectivity index (χ0n) is 10.6. The minimum atomic E-state index is -0.461. The van der Waals surface area contributed by atoms with E-state index in [0.29, 0.717) is 15.7 Å². The van der Waals surface area contributed by atoms with Crippen LogP contribution in [0, 0.1) is 13.7 Å². The molecule has 0 saturated carbocycles. The van der Waals surface area contributed by atoms with Crippen molar-refractivity contribution in [2.75, 3.05) is 11.4 Å². The number of imide groups is 1. The van der Waals surface area contributed by atoms with Gasteiger partial charge in [0.15, 0.2) is 0 Å². The van der Waals surface area contributed by atoms with Crippen LogP contribution >= 0.6 is 22.6 Å². The zero-order valence-corrected chi connectivity index (χ0v) is 12.8. The third-order valence-corrected chi connectivity index (χ3v) is 3.97. The molecular formula is C12H12IN3O4. The Labute approximate surface area is 128 Å². The monoisotopic (exact) mass is 389 g/mol. The molecule has 2 rings (SSSR count). The maximum atomic E-state index is 11.8. The number of halogens is 1. The highest BCUT2D eigenvalue weighted by molar-refractivity contribution is 14.1. The van der Waals surface area contributed by atoms with Crippen molar-refractivity contribution in [2.45, 2.75) is 19.4 Å². The Balaban J connectivity index is 2.38. The molecule has 7 nitrogen and oxygen atoms in total. The van der Waals surface area contributed by atoms with Crippen molar-refractivity contribution in [3.63, 3.8) is 0 Å². The highest BCUT2D eigenvalue weighted by atomic mass is 127. The Bertz CT molecular complexity index is 590. The zero-order chi connectivity index (χ0) is 14.9. The molecule has 8 heteroatoms. The molecule has 1 aliphatic heterocycles. The van der Waals surface area contributed by atoms with Gasteiger partial charge in [0.1, 0.15) is 6.04 Å². The lowest BCUT2D eigenvalue weighted by atomic mass is 10.1. The Morgan fingerprint density at radius 2 is 2.20 bits per heavy atom. The number of nitro groups is 1. The van der Waals surface area contributed by atoms with Crippen LogP contribution in [0.4, 0.5) is 11.4 Å². The summed E-state index contributed by atoms with van der Waals surface area (Å²) < 4.78 is 0.471. The van der Waals surface area contributed by atoms with E-state index >= 15 is 0 Å². The number of carbonyl (C=O) groups excluding carboxylic acids is 2. The molecule has 1 fully saturated rings. The van der Waals surface area contributed by atoms with E-state index in [0.717, 1.165) is 0 Å². The number of carbonyl (C=O) groups is 2. The van der Waals surface area contributed by atoms with Gasteiger partial charge in [0.05, 0.1) is 15.0 Å². The van der Waals surface area contributed by atoms with Crippen LogP contribution in [0.1, 0.15) is 13.3 Å². The minimum Gasteiger partial charge on any atom is -0.350 e.